The van der Waals surface area contributed by atoms with Gasteiger partial charge in [-0.15, -0.1) is 10.2 Å². The number of amides is 2. The average molecular weight is 444 g/mol. The van der Waals surface area contributed by atoms with Crippen LogP contribution in [0.1, 0.15) is 16.2 Å². The second-order valence-electron chi connectivity index (χ2n) is 6.51. The molecular weight excluding hydrogens is 421 g/mol. The van der Waals surface area contributed by atoms with Gasteiger partial charge in [0.1, 0.15) is 17.4 Å². The van der Waals surface area contributed by atoms with E-state index in [9.17, 15) is 14.0 Å². The summed E-state index contributed by atoms with van der Waals surface area (Å²) in [6.45, 7) is 0.280. The molecule has 0 saturated heterocycles. The van der Waals surface area contributed by atoms with Crippen LogP contribution in [0.25, 0.3) is 0 Å². The van der Waals surface area contributed by atoms with Gasteiger partial charge in [0.15, 0.2) is 5.16 Å². The van der Waals surface area contributed by atoms with Crippen LogP contribution in [0.2, 0.25) is 0 Å². The fraction of sp³-hybridized carbons (Fsp3) is 0.238. The van der Waals surface area contributed by atoms with E-state index in [0.29, 0.717) is 28.8 Å². The van der Waals surface area contributed by atoms with E-state index in [1.165, 1.54) is 30.0 Å². The van der Waals surface area contributed by atoms with Crippen molar-refractivity contribution in [3.05, 3.63) is 65.7 Å². The molecule has 0 aliphatic rings. The summed E-state index contributed by atoms with van der Waals surface area (Å²) in [5.41, 5.74) is 0.676. The highest BCUT2D eigenvalue weighted by atomic mass is 32.2. The van der Waals surface area contributed by atoms with Crippen molar-refractivity contribution in [1.29, 1.82) is 0 Å². The van der Waals surface area contributed by atoms with Gasteiger partial charge in [-0.05, 0) is 36.4 Å². The molecule has 10 heteroatoms. The number of carbonyl (C=O) groups is 2. The molecule has 0 radical (unpaired) electrons. The third kappa shape index (κ3) is 6.05. The minimum Gasteiger partial charge on any atom is -0.497 e. The van der Waals surface area contributed by atoms with Gasteiger partial charge in [0.25, 0.3) is 5.91 Å². The van der Waals surface area contributed by atoms with Crippen molar-refractivity contribution >= 4 is 29.3 Å². The van der Waals surface area contributed by atoms with E-state index in [-0.39, 0.29) is 23.8 Å². The molecule has 0 aliphatic carbocycles. The number of halogens is 1. The van der Waals surface area contributed by atoms with Crippen molar-refractivity contribution in [1.82, 2.24) is 20.1 Å². The van der Waals surface area contributed by atoms with E-state index >= 15 is 0 Å². The molecule has 8 nitrogen and oxygen atoms in total. The molecule has 162 valence electrons. The molecule has 0 aliphatic heterocycles. The van der Waals surface area contributed by atoms with Crippen LogP contribution in [-0.4, -0.2) is 46.0 Å². The quantitative estimate of drug-likeness (QED) is 0.494. The van der Waals surface area contributed by atoms with Crippen molar-refractivity contribution in [3.63, 3.8) is 0 Å². The summed E-state index contributed by atoms with van der Waals surface area (Å²) in [4.78, 5) is 24.2. The second kappa shape index (κ2) is 10.6. The lowest BCUT2D eigenvalue weighted by atomic mass is 10.2. The Labute approximate surface area is 183 Å². The SMILES string of the molecule is COc1ccc(NC(=O)CSc2nnc(CCNC(=O)c3ccccc3F)n2C)cc1. The predicted octanol–water partition coefficient (Wildman–Crippen LogP) is 2.67. The van der Waals surface area contributed by atoms with E-state index in [2.05, 4.69) is 20.8 Å². The Bertz CT molecular complexity index is 1060. The minimum absolute atomic E-state index is 0.000387. The molecule has 1 aromatic heterocycles. The minimum atomic E-state index is -0.565. The summed E-state index contributed by atoms with van der Waals surface area (Å²) in [6.07, 6.45) is 0.419. The van der Waals surface area contributed by atoms with Gasteiger partial charge in [-0.2, -0.15) is 0 Å². The number of hydrogen-bond acceptors (Lipinski definition) is 6. The van der Waals surface area contributed by atoms with Crippen molar-refractivity contribution in [2.24, 2.45) is 7.05 Å². The molecule has 0 unspecified atom stereocenters. The van der Waals surface area contributed by atoms with E-state index in [4.69, 9.17) is 4.74 Å². The summed E-state index contributed by atoms with van der Waals surface area (Å²) < 4.78 is 20.5. The van der Waals surface area contributed by atoms with Gasteiger partial charge in [0, 0.05) is 25.7 Å². The molecule has 0 saturated carbocycles. The monoisotopic (exact) mass is 443 g/mol. The Kier molecular flexibility index (Phi) is 7.60. The van der Waals surface area contributed by atoms with Gasteiger partial charge in [-0.25, -0.2) is 4.39 Å². The van der Waals surface area contributed by atoms with Gasteiger partial charge in [0.05, 0.1) is 18.4 Å². The van der Waals surface area contributed by atoms with E-state index < -0.39 is 11.7 Å². The lowest BCUT2D eigenvalue weighted by molar-refractivity contribution is -0.113. The number of methoxy groups -OCH3 is 1. The molecule has 1 heterocycles. The summed E-state index contributed by atoms with van der Waals surface area (Å²) in [5.74, 6) is 0.311. The Balaban J connectivity index is 1.46. The van der Waals surface area contributed by atoms with Crippen molar-refractivity contribution in [2.45, 2.75) is 11.6 Å². The van der Waals surface area contributed by atoms with Gasteiger partial charge >= 0.3 is 0 Å². The molecule has 3 aromatic rings. The molecule has 0 spiro atoms. The zero-order valence-electron chi connectivity index (χ0n) is 17.1. The number of anilines is 1. The van der Waals surface area contributed by atoms with Crippen LogP contribution >= 0.6 is 11.8 Å². The number of rotatable bonds is 9. The van der Waals surface area contributed by atoms with Gasteiger partial charge in [0.2, 0.25) is 5.91 Å². The Morgan fingerprint density at radius 2 is 1.87 bits per heavy atom. The maximum absolute atomic E-state index is 13.7. The predicted molar refractivity (Wildman–Crippen MR) is 116 cm³/mol. The molecule has 3 rings (SSSR count). The summed E-state index contributed by atoms with van der Waals surface area (Å²) in [6, 6.07) is 12.9. The van der Waals surface area contributed by atoms with Crippen LogP contribution in [0.4, 0.5) is 10.1 Å². The molecular formula is C21H22FN5O3S. The van der Waals surface area contributed by atoms with Crippen LogP contribution in [-0.2, 0) is 18.3 Å². The highest BCUT2D eigenvalue weighted by molar-refractivity contribution is 7.99. The van der Waals surface area contributed by atoms with Gasteiger partial charge in [-0.3, -0.25) is 9.59 Å². The van der Waals surface area contributed by atoms with Crippen molar-refractivity contribution in [2.75, 3.05) is 24.7 Å². The zero-order valence-corrected chi connectivity index (χ0v) is 17.9. The number of nitrogens with one attached hydrogen (secondary N) is 2. The zero-order chi connectivity index (χ0) is 22.2. The first-order chi connectivity index (χ1) is 15.0. The number of ether oxygens (including phenoxy) is 1. The molecule has 0 fully saturated rings. The molecule has 2 amide bonds. The normalized spacial score (nSPS) is 10.5. The van der Waals surface area contributed by atoms with Crippen LogP contribution < -0.4 is 15.4 Å². The molecule has 0 bridgehead atoms. The second-order valence-corrected chi connectivity index (χ2v) is 7.45. The third-order valence-electron chi connectivity index (χ3n) is 4.38. The summed E-state index contributed by atoms with van der Waals surface area (Å²) in [5, 5.41) is 14.3. The smallest absolute Gasteiger partial charge is 0.254 e. The molecule has 2 N–H and O–H groups in total. The number of carbonyl (C=O) groups excluding carboxylic acids is 2. The standard InChI is InChI=1S/C21H22FN5O3S/c1-27-18(11-12-23-20(29)16-5-3-4-6-17(16)22)25-26-21(27)31-13-19(28)24-14-7-9-15(30-2)10-8-14/h3-10H,11-13H2,1-2H3,(H,23,29)(H,24,28). The van der Waals surface area contributed by atoms with Crippen LogP contribution in [0.15, 0.2) is 53.7 Å². The first-order valence-electron chi connectivity index (χ1n) is 9.45. The topological polar surface area (TPSA) is 98.1 Å². The van der Waals surface area contributed by atoms with Gasteiger partial charge in [-0.1, -0.05) is 23.9 Å². The lowest BCUT2D eigenvalue weighted by Gasteiger charge is -2.07. The number of thioether (sulfide) groups is 1. The van der Waals surface area contributed by atoms with Crippen molar-refractivity contribution < 1.29 is 18.7 Å². The average Bonchev–Trinajstić information content (AvgIpc) is 3.12. The number of hydrogen-bond donors (Lipinski definition) is 2. The Morgan fingerprint density at radius 3 is 2.58 bits per heavy atom. The molecule has 2 aromatic carbocycles. The van der Waals surface area contributed by atoms with Crippen LogP contribution in [0.5, 0.6) is 5.75 Å². The Hall–Kier alpha value is -3.40. The highest BCUT2D eigenvalue weighted by Gasteiger charge is 2.13. The Morgan fingerprint density at radius 1 is 1.13 bits per heavy atom. The van der Waals surface area contributed by atoms with E-state index in [1.54, 1.807) is 49.1 Å². The maximum Gasteiger partial charge on any atom is 0.254 e. The fourth-order valence-electron chi connectivity index (χ4n) is 2.72. The van der Waals surface area contributed by atoms with Crippen molar-refractivity contribution in [3.8, 4) is 5.75 Å². The third-order valence-corrected chi connectivity index (χ3v) is 5.40. The fourth-order valence-corrected chi connectivity index (χ4v) is 3.45. The summed E-state index contributed by atoms with van der Waals surface area (Å²) in [7, 11) is 3.37. The first kappa shape index (κ1) is 22.3. The summed E-state index contributed by atoms with van der Waals surface area (Å²) >= 11 is 1.26. The highest BCUT2D eigenvalue weighted by Crippen LogP contribution is 2.18. The first-order valence-corrected chi connectivity index (χ1v) is 10.4. The largest absolute Gasteiger partial charge is 0.497 e. The van der Waals surface area contributed by atoms with Crippen LogP contribution in [0, 0.1) is 5.82 Å². The van der Waals surface area contributed by atoms with E-state index in [1.807, 2.05) is 0 Å². The van der Waals surface area contributed by atoms with Gasteiger partial charge < -0.3 is 19.9 Å². The molecule has 31 heavy (non-hydrogen) atoms. The van der Waals surface area contributed by atoms with E-state index in [0.717, 1.165) is 0 Å². The molecule has 0 atom stereocenters. The number of nitrogens with zero attached hydrogens (tertiary/aromatic N) is 3. The number of benzene rings is 2. The maximum atomic E-state index is 13.7. The van der Waals surface area contributed by atoms with Crippen LogP contribution in [0.3, 0.4) is 0 Å². The lowest BCUT2D eigenvalue weighted by Crippen LogP contribution is -2.27. The number of aromatic nitrogens is 3.